The molecular weight excluding hydrogens is 447 g/mol. The molecule has 0 saturated carbocycles. The summed E-state index contributed by atoms with van der Waals surface area (Å²) in [5.74, 6) is -5.69. The number of alkyl halides is 5. The highest BCUT2D eigenvalue weighted by atomic mass is 35.5. The molecule has 0 bridgehead atoms. The first kappa shape index (κ1) is 21.6. The average molecular weight is 454 g/mol. The van der Waals surface area contributed by atoms with Crippen molar-refractivity contribution in [1.82, 2.24) is 4.41 Å². The van der Waals surface area contributed by atoms with E-state index in [0.29, 0.717) is 0 Å². The second-order valence-electron chi connectivity index (χ2n) is 5.14. The van der Waals surface area contributed by atoms with Crippen molar-refractivity contribution in [3.63, 3.8) is 0 Å². The van der Waals surface area contributed by atoms with E-state index in [2.05, 4.69) is 0 Å². The molecule has 1 aliphatic rings. The molecule has 1 aliphatic heterocycles. The zero-order valence-electron chi connectivity index (χ0n) is 12.9. The molecule has 1 heterocycles. The number of sulfonamides is 1. The van der Waals surface area contributed by atoms with Gasteiger partial charge in [-0.3, -0.25) is 5.01 Å². The summed E-state index contributed by atoms with van der Waals surface area (Å²) in [6.45, 7) is 1.06. The highest BCUT2D eigenvalue weighted by Crippen LogP contribution is 2.44. The van der Waals surface area contributed by atoms with Crippen molar-refractivity contribution in [1.29, 1.82) is 5.26 Å². The summed E-state index contributed by atoms with van der Waals surface area (Å²) in [4.78, 5) is 0. The van der Waals surface area contributed by atoms with Gasteiger partial charge in [0, 0.05) is 0 Å². The fourth-order valence-corrected chi connectivity index (χ4v) is 3.91. The van der Waals surface area contributed by atoms with Crippen molar-refractivity contribution in [2.24, 2.45) is 0 Å². The number of hydrogen-bond acceptors (Lipinski definition) is 4. The van der Waals surface area contributed by atoms with Crippen molar-refractivity contribution in [3.05, 3.63) is 39.3 Å². The number of anilines is 1. The molecule has 1 aromatic carbocycles. The fourth-order valence-electron chi connectivity index (χ4n) is 2.31. The second kappa shape index (κ2) is 7.05. The van der Waals surface area contributed by atoms with E-state index in [1.165, 1.54) is 6.07 Å². The summed E-state index contributed by atoms with van der Waals surface area (Å²) < 4.78 is 103. The summed E-state index contributed by atoms with van der Waals surface area (Å²) >= 11 is 11.5. The second-order valence-corrected chi connectivity index (χ2v) is 7.72. The Morgan fingerprint density at radius 1 is 1.26 bits per heavy atom. The van der Waals surface area contributed by atoms with Gasteiger partial charge in [-0.15, -0.1) is 0 Å². The van der Waals surface area contributed by atoms with Crippen molar-refractivity contribution in [2.75, 3.05) is 5.01 Å². The van der Waals surface area contributed by atoms with Crippen LogP contribution in [0.4, 0.5) is 32.0 Å². The van der Waals surface area contributed by atoms with Crippen LogP contribution in [0.2, 0.25) is 5.02 Å². The predicted molar refractivity (Wildman–Crippen MR) is 83.6 cm³/mol. The quantitative estimate of drug-likeness (QED) is 0.634. The van der Waals surface area contributed by atoms with Gasteiger partial charge in [0.1, 0.15) is 11.5 Å². The van der Waals surface area contributed by atoms with Gasteiger partial charge in [-0.2, -0.15) is 27.2 Å². The number of halogens is 8. The normalized spacial score (nSPS) is 19.1. The summed E-state index contributed by atoms with van der Waals surface area (Å²) in [7, 11) is -5.54. The van der Waals surface area contributed by atoms with Crippen LogP contribution in [0.5, 0.6) is 0 Å². The van der Waals surface area contributed by atoms with Gasteiger partial charge in [-0.1, -0.05) is 27.6 Å². The largest absolute Gasteiger partial charge is 0.416 e. The highest BCUT2D eigenvalue weighted by molar-refractivity contribution is 7.89. The van der Waals surface area contributed by atoms with Crippen LogP contribution in [-0.2, 0) is 16.2 Å². The van der Waals surface area contributed by atoms with Gasteiger partial charge in [0.15, 0.2) is 6.04 Å². The van der Waals surface area contributed by atoms with Crippen molar-refractivity contribution in [3.8, 4) is 6.07 Å². The van der Waals surface area contributed by atoms with Crippen LogP contribution in [-0.4, -0.2) is 24.6 Å². The number of nitrogens with zero attached hydrogens (tertiary/aromatic N) is 3. The lowest BCUT2D eigenvalue weighted by molar-refractivity contribution is -0.137. The number of hydrogen-bond donors (Lipinski definition) is 0. The molecule has 14 heteroatoms. The van der Waals surface area contributed by atoms with Crippen LogP contribution in [0.15, 0.2) is 22.9 Å². The molecule has 27 heavy (non-hydrogen) atoms. The minimum Gasteiger partial charge on any atom is -0.258 e. The summed E-state index contributed by atoms with van der Waals surface area (Å²) in [5, 5.41) is 7.87. The van der Waals surface area contributed by atoms with Crippen molar-refractivity contribution < 1.29 is 34.8 Å². The molecule has 0 saturated heterocycles. The molecule has 0 aliphatic carbocycles. The lowest BCUT2D eigenvalue weighted by Crippen LogP contribution is -2.49. The molecule has 1 aromatic rings. The molecule has 148 valence electrons. The van der Waals surface area contributed by atoms with Crippen LogP contribution >= 0.6 is 23.2 Å². The zero-order chi connectivity index (χ0) is 20.9. The SMILES string of the molecule is CC1=C(Cl)C(C#N)N(S(=O)(=O)C(F)F)N1c1c(F)cc(C(F)(F)F)cc1Cl. The predicted octanol–water partition coefficient (Wildman–Crippen LogP) is 4.45. The van der Waals surface area contributed by atoms with E-state index in [1.807, 2.05) is 0 Å². The molecule has 0 fully saturated rings. The molecule has 0 spiro atoms. The third kappa shape index (κ3) is 3.56. The van der Waals surface area contributed by atoms with Gasteiger partial charge in [0.25, 0.3) is 10.0 Å². The van der Waals surface area contributed by atoms with Crippen LogP contribution < -0.4 is 5.01 Å². The maximum absolute atomic E-state index is 14.4. The van der Waals surface area contributed by atoms with E-state index in [9.17, 15) is 34.8 Å². The smallest absolute Gasteiger partial charge is 0.258 e. The first-order chi connectivity index (χ1) is 12.2. The molecule has 0 amide bonds. The number of hydrazine groups is 1. The summed E-state index contributed by atoms with van der Waals surface area (Å²) in [6.07, 6.45) is -4.97. The van der Waals surface area contributed by atoms with Gasteiger partial charge in [-0.05, 0) is 19.1 Å². The van der Waals surface area contributed by atoms with E-state index in [-0.39, 0.29) is 27.3 Å². The Morgan fingerprint density at radius 2 is 1.81 bits per heavy atom. The van der Waals surface area contributed by atoms with E-state index in [1.54, 1.807) is 0 Å². The standard InChI is InChI=1S/C13H7Cl2F6N3O2S/c1-5-10(15)9(4-22)24(27(25,26)12(17)18)23(5)11-7(14)2-6(3-8(11)16)13(19,20)21/h2-3,9,12H,1H3. The minimum absolute atomic E-state index is 0.00920. The van der Waals surface area contributed by atoms with E-state index >= 15 is 0 Å². The lowest BCUT2D eigenvalue weighted by Gasteiger charge is -2.32. The summed E-state index contributed by atoms with van der Waals surface area (Å²) in [6, 6.07) is -0.322. The maximum atomic E-state index is 14.4. The molecule has 0 N–H and O–H groups in total. The topological polar surface area (TPSA) is 64.4 Å². The molecule has 0 aromatic heterocycles. The Morgan fingerprint density at radius 3 is 2.22 bits per heavy atom. The van der Waals surface area contributed by atoms with Crippen molar-refractivity contribution in [2.45, 2.75) is 24.9 Å². The zero-order valence-corrected chi connectivity index (χ0v) is 15.2. The maximum Gasteiger partial charge on any atom is 0.416 e. The van der Waals surface area contributed by atoms with Crippen LogP contribution in [0.3, 0.4) is 0 Å². The Hall–Kier alpha value is -1.68. The number of benzene rings is 1. The molecule has 1 atom stereocenters. The van der Waals surface area contributed by atoms with Gasteiger partial charge in [-0.25, -0.2) is 12.8 Å². The molecule has 2 rings (SSSR count). The van der Waals surface area contributed by atoms with Crippen LogP contribution in [0.25, 0.3) is 0 Å². The third-order valence-electron chi connectivity index (χ3n) is 3.49. The number of rotatable bonds is 3. The van der Waals surface area contributed by atoms with Gasteiger partial charge < -0.3 is 0 Å². The van der Waals surface area contributed by atoms with Crippen LogP contribution in [0, 0.1) is 17.1 Å². The molecule has 5 nitrogen and oxygen atoms in total. The Kier molecular flexibility index (Phi) is 5.64. The molecule has 0 radical (unpaired) electrons. The Balaban J connectivity index is 2.77. The average Bonchev–Trinajstić information content (AvgIpc) is 2.78. The Bertz CT molecular complexity index is 935. The lowest BCUT2D eigenvalue weighted by atomic mass is 10.2. The first-order valence-electron chi connectivity index (χ1n) is 6.68. The minimum atomic E-state index is -5.54. The monoisotopic (exact) mass is 453 g/mol. The van der Waals surface area contributed by atoms with Gasteiger partial charge in [0.05, 0.1) is 27.4 Å². The third-order valence-corrected chi connectivity index (χ3v) is 5.60. The number of allylic oxidation sites excluding steroid dienone is 1. The van der Waals surface area contributed by atoms with Gasteiger partial charge >= 0.3 is 11.9 Å². The highest BCUT2D eigenvalue weighted by Gasteiger charge is 2.50. The van der Waals surface area contributed by atoms with E-state index < -0.39 is 55.1 Å². The van der Waals surface area contributed by atoms with E-state index in [4.69, 9.17) is 28.5 Å². The number of nitriles is 1. The van der Waals surface area contributed by atoms with Gasteiger partial charge in [0.2, 0.25) is 0 Å². The summed E-state index contributed by atoms with van der Waals surface area (Å²) in [5.41, 5.74) is -2.85. The first-order valence-corrected chi connectivity index (χ1v) is 8.94. The van der Waals surface area contributed by atoms with E-state index in [0.717, 1.165) is 6.92 Å². The van der Waals surface area contributed by atoms with Crippen LogP contribution in [0.1, 0.15) is 12.5 Å². The molecule has 1 unspecified atom stereocenters. The fraction of sp³-hybridized carbons (Fsp3) is 0.308. The van der Waals surface area contributed by atoms with Crippen molar-refractivity contribution >= 4 is 38.9 Å². The molecular formula is C13H7Cl2F6N3O2S. The Labute approximate surface area is 159 Å².